The third-order valence-corrected chi connectivity index (χ3v) is 8.46. The summed E-state index contributed by atoms with van der Waals surface area (Å²) in [7, 11) is -3.58. The minimum absolute atomic E-state index is 0.0595. The number of carbonyl (C=O) groups excluding carboxylic acids is 2. The van der Waals surface area contributed by atoms with Gasteiger partial charge in [-0.25, -0.2) is 8.42 Å². The maximum atomic E-state index is 13.9. The first-order valence-corrected chi connectivity index (χ1v) is 16.5. The van der Waals surface area contributed by atoms with Crippen LogP contribution in [-0.4, -0.2) is 50.5 Å². The average molecular weight is 612 g/mol. The highest BCUT2D eigenvalue weighted by Crippen LogP contribution is 2.24. The van der Waals surface area contributed by atoms with Gasteiger partial charge in [-0.1, -0.05) is 80.0 Å². The first-order valence-electron chi connectivity index (χ1n) is 14.3. The number of rotatable bonds is 14. The quantitative estimate of drug-likeness (QED) is 0.245. The van der Waals surface area contributed by atoms with E-state index in [0.717, 1.165) is 22.3 Å². The van der Waals surface area contributed by atoms with E-state index in [4.69, 9.17) is 11.6 Å². The minimum Gasteiger partial charge on any atom is -0.354 e. The largest absolute Gasteiger partial charge is 0.354 e. The van der Waals surface area contributed by atoms with E-state index in [1.807, 2.05) is 94.4 Å². The molecule has 0 bridgehead atoms. The summed E-state index contributed by atoms with van der Waals surface area (Å²) in [5.41, 5.74) is 4.14. The zero-order chi connectivity index (χ0) is 30.9. The lowest BCUT2D eigenvalue weighted by Gasteiger charge is -2.32. The fourth-order valence-corrected chi connectivity index (χ4v) is 6.03. The maximum Gasteiger partial charge on any atom is 0.243 e. The van der Waals surface area contributed by atoms with E-state index in [1.54, 1.807) is 11.0 Å². The molecule has 0 saturated carbocycles. The number of benzene rings is 3. The molecule has 0 radical (unpaired) electrons. The summed E-state index contributed by atoms with van der Waals surface area (Å²) in [5.74, 6) is -0.239. The summed E-state index contributed by atoms with van der Waals surface area (Å²) >= 11 is 6.50. The molecule has 9 heteroatoms. The van der Waals surface area contributed by atoms with Gasteiger partial charge in [0.05, 0.1) is 11.9 Å². The Labute approximate surface area is 255 Å². The van der Waals surface area contributed by atoms with Crippen molar-refractivity contribution < 1.29 is 18.0 Å². The summed E-state index contributed by atoms with van der Waals surface area (Å²) in [4.78, 5) is 29.1. The molecule has 0 aliphatic rings. The molecule has 3 rings (SSSR count). The molecule has 0 heterocycles. The van der Waals surface area contributed by atoms with Crippen molar-refractivity contribution in [1.29, 1.82) is 0 Å². The third kappa shape index (κ3) is 9.88. The maximum absolute atomic E-state index is 13.9. The molecule has 42 heavy (non-hydrogen) atoms. The minimum atomic E-state index is -3.58. The number of carbonyl (C=O) groups is 2. The Hall–Kier alpha value is -3.36. The second-order valence-corrected chi connectivity index (χ2v) is 13.6. The molecule has 2 amide bonds. The first kappa shape index (κ1) is 33.1. The van der Waals surface area contributed by atoms with E-state index in [1.165, 1.54) is 10.6 Å². The predicted molar refractivity (Wildman–Crippen MR) is 171 cm³/mol. The van der Waals surface area contributed by atoms with Gasteiger partial charge < -0.3 is 10.2 Å². The SMILES string of the molecule is Cc1cc(C)cc(N(CCCC(=O)N(Cc2ccccc2Cl)[C@@H](Cc2ccccc2)C(=O)NCC(C)C)S(C)(=O)=O)c1. The zero-order valence-electron chi connectivity index (χ0n) is 25.1. The summed E-state index contributed by atoms with van der Waals surface area (Å²) in [6.07, 6.45) is 1.84. The van der Waals surface area contributed by atoms with E-state index in [0.29, 0.717) is 23.7 Å². The lowest BCUT2D eigenvalue weighted by atomic mass is 10.0. The van der Waals surface area contributed by atoms with Crippen LogP contribution in [0.1, 0.15) is 48.9 Å². The Morgan fingerprint density at radius 3 is 2.14 bits per heavy atom. The summed E-state index contributed by atoms with van der Waals surface area (Å²) in [6.45, 7) is 8.64. The number of sulfonamides is 1. The Morgan fingerprint density at radius 2 is 1.55 bits per heavy atom. The van der Waals surface area contributed by atoms with E-state index in [9.17, 15) is 18.0 Å². The highest BCUT2D eigenvalue weighted by atomic mass is 35.5. The number of hydrogen-bond donors (Lipinski definition) is 1. The van der Waals surface area contributed by atoms with Gasteiger partial charge in [0.15, 0.2) is 0 Å². The number of hydrogen-bond acceptors (Lipinski definition) is 4. The van der Waals surface area contributed by atoms with E-state index < -0.39 is 16.1 Å². The second kappa shape index (κ2) is 15.2. The molecule has 1 atom stereocenters. The van der Waals surface area contributed by atoms with Crippen LogP contribution in [0.3, 0.4) is 0 Å². The topological polar surface area (TPSA) is 86.8 Å². The Bertz CT molecular complexity index is 1440. The molecule has 1 N–H and O–H groups in total. The van der Waals surface area contributed by atoms with Gasteiger partial charge in [-0.05, 0) is 66.6 Å². The van der Waals surface area contributed by atoms with Crippen LogP contribution in [0.2, 0.25) is 5.02 Å². The van der Waals surface area contributed by atoms with E-state index in [2.05, 4.69) is 5.32 Å². The van der Waals surface area contributed by atoms with Gasteiger partial charge in [-0.3, -0.25) is 13.9 Å². The van der Waals surface area contributed by atoms with Gasteiger partial charge in [0.2, 0.25) is 21.8 Å². The van der Waals surface area contributed by atoms with Crippen LogP contribution in [0.5, 0.6) is 0 Å². The molecule has 0 spiro atoms. The van der Waals surface area contributed by atoms with Crippen LogP contribution in [-0.2, 0) is 32.6 Å². The van der Waals surface area contributed by atoms with Gasteiger partial charge in [-0.15, -0.1) is 0 Å². The summed E-state index contributed by atoms with van der Waals surface area (Å²) in [5, 5.41) is 3.52. The lowest BCUT2D eigenvalue weighted by Crippen LogP contribution is -2.51. The van der Waals surface area contributed by atoms with Gasteiger partial charge in [0, 0.05) is 37.5 Å². The lowest BCUT2D eigenvalue weighted by molar-refractivity contribution is -0.141. The molecule has 226 valence electrons. The number of halogens is 1. The standard InChI is InChI=1S/C33H42ClN3O4S/c1-24(2)22-35-33(39)31(21-27-12-7-6-8-13-27)36(23-28-14-9-10-15-30(28)34)32(38)16-11-17-37(42(5,40)41)29-19-25(3)18-26(4)20-29/h6-10,12-15,18-20,24,31H,11,16-17,21-23H2,1-5H3,(H,35,39)/t31-/m0/s1. The predicted octanol–water partition coefficient (Wildman–Crippen LogP) is 5.92. The monoisotopic (exact) mass is 611 g/mol. The van der Waals surface area contributed by atoms with Crippen molar-refractivity contribution in [1.82, 2.24) is 10.2 Å². The van der Waals surface area contributed by atoms with Crippen molar-refractivity contribution in [3.8, 4) is 0 Å². The Balaban J connectivity index is 1.90. The van der Waals surface area contributed by atoms with Crippen molar-refractivity contribution in [3.05, 3.63) is 100 Å². The van der Waals surface area contributed by atoms with Crippen LogP contribution in [0, 0.1) is 19.8 Å². The first-order chi connectivity index (χ1) is 19.8. The Kier molecular flexibility index (Phi) is 12.0. The fourth-order valence-electron chi connectivity index (χ4n) is 4.89. The fraction of sp³-hybridized carbons (Fsp3) is 0.394. The van der Waals surface area contributed by atoms with Crippen molar-refractivity contribution in [2.45, 2.75) is 59.5 Å². The molecule has 7 nitrogen and oxygen atoms in total. The van der Waals surface area contributed by atoms with Crippen molar-refractivity contribution >= 4 is 39.1 Å². The van der Waals surface area contributed by atoms with E-state index >= 15 is 0 Å². The van der Waals surface area contributed by atoms with Gasteiger partial charge >= 0.3 is 0 Å². The van der Waals surface area contributed by atoms with Crippen molar-refractivity contribution in [2.75, 3.05) is 23.7 Å². The van der Waals surface area contributed by atoms with Gasteiger partial charge in [0.25, 0.3) is 0 Å². The molecule has 0 unspecified atom stereocenters. The van der Waals surface area contributed by atoms with Crippen molar-refractivity contribution in [3.63, 3.8) is 0 Å². The van der Waals surface area contributed by atoms with Crippen molar-refractivity contribution in [2.24, 2.45) is 5.92 Å². The molecule has 0 saturated heterocycles. The van der Waals surface area contributed by atoms with Gasteiger partial charge in [0.1, 0.15) is 6.04 Å². The van der Waals surface area contributed by atoms with Crippen LogP contribution >= 0.6 is 11.6 Å². The molecule has 0 aliphatic carbocycles. The van der Waals surface area contributed by atoms with Crippen LogP contribution < -0.4 is 9.62 Å². The van der Waals surface area contributed by atoms with Crippen LogP contribution in [0.15, 0.2) is 72.8 Å². The molecule has 0 fully saturated rings. The molecule has 0 aromatic heterocycles. The number of amides is 2. The molecular formula is C33H42ClN3O4S. The van der Waals surface area contributed by atoms with Crippen LogP contribution in [0.4, 0.5) is 5.69 Å². The molecule has 3 aromatic carbocycles. The molecule has 3 aromatic rings. The van der Waals surface area contributed by atoms with Gasteiger partial charge in [-0.2, -0.15) is 0 Å². The van der Waals surface area contributed by atoms with Crippen LogP contribution in [0.25, 0.3) is 0 Å². The second-order valence-electron chi connectivity index (χ2n) is 11.2. The smallest absolute Gasteiger partial charge is 0.243 e. The average Bonchev–Trinajstić information content (AvgIpc) is 2.91. The molecule has 0 aliphatic heterocycles. The zero-order valence-corrected chi connectivity index (χ0v) is 26.7. The number of aryl methyl sites for hydroxylation is 2. The third-order valence-electron chi connectivity index (χ3n) is 6.90. The number of nitrogens with zero attached hydrogens (tertiary/aromatic N) is 2. The number of nitrogens with one attached hydrogen (secondary N) is 1. The normalized spacial score (nSPS) is 12.2. The number of anilines is 1. The summed E-state index contributed by atoms with van der Waals surface area (Å²) in [6, 6.07) is 21.7. The highest BCUT2D eigenvalue weighted by molar-refractivity contribution is 7.92. The van der Waals surface area contributed by atoms with E-state index in [-0.39, 0.29) is 43.7 Å². The molecular weight excluding hydrogens is 570 g/mol. The highest BCUT2D eigenvalue weighted by Gasteiger charge is 2.31. The Morgan fingerprint density at radius 1 is 0.929 bits per heavy atom. The summed E-state index contributed by atoms with van der Waals surface area (Å²) < 4.78 is 26.8.